The van der Waals surface area contributed by atoms with Gasteiger partial charge in [0.2, 0.25) is 0 Å². The van der Waals surface area contributed by atoms with E-state index >= 15 is 0 Å². The molecule has 0 aromatic heterocycles. The molecule has 3 atom stereocenters. The third-order valence-electron chi connectivity index (χ3n) is 4.34. The molecule has 19 heavy (non-hydrogen) atoms. The van der Waals surface area contributed by atoms with Crippen LogP contribution in [0.2, 0.25) is 5.02 Å². The molecule has 0 radical (unpaired) electrons. The molecule has 1 aromatic rings. The van der Waals surface area contributed by atoms with Crippen LogP contribution in [0.15, 0.2) is 24.3 Å². The molecule has 2 nitrogen and oxygen atoms in total. The number of nitrogens with zero attached hydrogens (tertiary/aromatic N) is 1. The first-order chi connectivity index (χ1) is 8.98. The summed E-state index contributed by atoms with van der Waals surface area (Å²) in [5, 5.41) is 1.49. The number of nitrogens with two attached hydrogens (primary N) is 1. The first-order valence-corrected chi connectivity index (χ1v) is 8.21. The summed E-state index contributed by atoms with van der Waals surface area (Å²) < 4.78 is 0. The lowest BCUT2D eigenvalue weighted by molar-refractivity contribution is 0.103. The van der Waals surface area contributed by atoms with Gasteiger partial charge in [0.25, 0.3) is 0 Å². The number of hydrogen-bond acceptors (Lipinski definition) is 3. The SMILES string of the molecule is CC1CC(CN)(N(C)C(C)c2cccc(Cl)c2)CS1. The molecular formula is C15H23ClN2S. The van der Waals surface area contributed by atoms with Gasteiger partial charge in [-0.25, -0.2) is 0 Å². The summed E-state index contributed by atoms with van der Waals surface area (Å²) >= 11 is 8.12. The van der Waals surface area contributed by atoms with Crippen LogP contribution in [-0.4, -0.2) is 35.0 Å². The van der Waals surface area contributed by atoms with Crippen molar-refractivity contribution in [3.63, 3.8) is 0 Å². The van der Waals surface area contributed by atoms with Crippen molar-refractivity contribution in [2.75, 3.05) is 19.3 Å². The molecule has 0 spiro atoms. The van der Waals surface area contributed by atoms with Crippen LogP contribution in [0.25, 0.3) is 0 Å². The average Bonchev–Trinajstić information content (AvgIpc) is 2.80. The normalized spacial score (nSPS) is 28.8. The van der Waals surface area contributed by atoms with Crippen molar-refractivity contribution in [1.29, 1.82) is 0 Å². The van der Waals surface area contributed by atoms with Gasteiger partial charge in [0.05, 0.1) is 0 Å². The molecular weight excluding hydrogens is 276 g/mol. The number of halogens is 1. The van der Waals surface area contributed by atoms with Crippen LogP contribution in [0, 0.1) is 0 Å². The van der Waals surface area contributed by atoms with E-state index in [2.05, 4.69) is 37.9 Å². The Labute approximate surface area is 125 Å². The van der Waals surface area contributed by atoms with Crippen molar-refractivity contribution in [2.45, 2.75) is 37.1 Å². The highest BCUT2D eigenvalue weighted by atomic mass is 35.5. The molecule has 0 saturated carbocycles. The Morgan fingerprint density at radius 2 is 2.32 bits per heavy atom. The Morgan fingerprint density at radius 1 is 1.58 bits per heavy atom. The smallest absolute Gasteiger partial charge is 0.0435 e. The van der Waals surface area contributed by atoms with E-state index in [9.17, 15) is 0 Å². The van der Waals surface area contributed by atoms with Gasteiger partial charge in [0.1, 0.15) is 0 Å². The Balaban J connectivity index is 2.20. The highest BCUT2D eigenvalue weighted by molar-refractivity contribution is 8.00. The summed E-state index contributed by atoms with van der Waals surface area (Å²) in [6, 6.07) is 8.46. The quantitative estimate of drug-likeness (QED) is 0.921. The summed E-state index contributed by atoms with van der Waals surface area (Å²) in [6.45, 7) is 5.24. The molecule has 1 aliphatic rings. The monoisotopic (exact) mass is 298 g/mol. The number of benzene rings is 1. The number of rotatable bonds is 4. The van der Waals surface area contributed by atoms with Crippen molar-refractivity contribution in [3.8, 4) is 0 Å². The molecule has 1 heterocycles. The minimum absolute atomic E-state index is 0.117. The Kier molecular flexibility index (Phi) is 4.83. The standard InChI is InChI=1S/C15H23ClN2S/c1-11-8-15(9-17,10-19-11)18(3)12(2)13-5-4-6-14(16)7-13/h4-7,11-12H,8-10,17H2,1-3H3. The lowest BCUT2D eigenvalue weighted by Crippen LogP contribution is -2.53. The molecule has 2 rings (SSSR count). The van der Waals surface area contributed by atoms with Gasteiger partial charge in [-0.3, -0.25) is 4.90 Å². The van der Waals surface area contributed by atoms with Crippen LogP contribution in [-0.2, 0) is 0 Å². The fourth-order valence-corrected chi connectivity index (χ4v) is 4.54. The van der Waals surface area contributed by atoms with Gasteiger partial charge in [0.15, 0.2) is 0 Å². The fraction of sp³-hybridized carbons (Fsp3) is 0.600. The van der Waals surface area contributed by atoms with E-state index in [0.717, 1.165) is 17.2 Å². The van der Waals surface area contributed by atoms with Gasteiger partial charge >= 0.3 is 0 Å². The highest BCUT2D eigenvalue weighted by Gasteiger charge is 2.42. The van der Waals surface area contributed by atoms with Crippen LogP contribution in [0.4, 0.5) is 0 Å². The predicted molar refractivity (Wildman–Crippen MR) is 86.0 cm³/mol. The van der Waals surface area contributed by atoms with Crippen LogP contribution < -0.4 is 5.73 Å². The molecule has 0 aliphatic carbocycles. The Morgan fingerprint density at radius 3 is 2.84 bits per heavy atom. The highest BCUT2D eigenvalue weighted by Crippen LogP contribution is 2.40. The first kappa shape index (κ1) is 15.2. The number of thioether (sulfide) groups is 1. The van der Waals surface area contributed by atoms with Crippen molar-refractivity contribution < 1.29 is 0 Å². The zero-order valence-electron chi connectivity index (χ0n) is 11.9. The molecule has 3 unspecified atom stereocenters. The molecule has 0 bridgehead atoms. The van der Waals surface area contributed by atoms with Crippen molar-refractivity contribution in [1.82, 2.24) is 4.90 Å². The second-order valence-corrected chi connectivity index (χ2v) is 7.46. The van der Waals surface area contributed by atoms with Crippen molar-refractivity contribution in [3.05, 3.63) is 34.9 Å². The second-order valence-electron chi connectivity index (χ2n) is 5.60. The maximum Gasteiger partial charge on any atom is 0.0435 e. The predicted octanol–water partition coefficient (Wildman–Crippen LogP) is 3.56. The minimum atomic E-state index is 0.117. The average molecular weight is 299 g/mol. The van der Waals surface area contributed by atoms with E-state index < -0.39 is 0 Å². The molecule has 1 fully saturated rings. The second kappa shape index (κ2) is 6.04. The lowest BCUT2D eigenvalue weighted by atomic mass is 9.91. The molecule has 2 N–H and O–H groups in total. The van der Waals surface area contributed by atoms with E-state index in [1.807, 2.05) is 23.9 Å². The van der Waals surface area contributed by atoms with Crippen LogP contribution in [0.5, 0.6) is 0 Å². The van der Waals surface area contributed by atoms with Gasteiger partial charge in [-0.1, -0.05) is 30.7 Å². The first-order valence-electron chi connectivity index (χ1n) is 6.78. The van der Waals surface area contributed by atoms with Gasteiger partial charge in [0, 0.05) is 34.2 Å². The topological polar surface area (TPSA) is 29.3 Å². The fourth-order valence-electron chi connectivity index (χ4n) is 2.88. The Bertz CT molecular complexity index is 440. The number of hydrogen-bond donors (Lipinski definition) is 1. The van der Waals surface area contributed by atoms with Crippen LogP contribution in [0.3, 0.4) is 0 Å². The van der Waals surface area contributed by atoms with Crippen molar-refractivity contribution >= 4 is 23.4 Å². The molecule has 1 aliphatic heterocycles. The van der Waals surface area contributed by atoms with Gasteiger partial charge in [-0.15, -0.1) is 0 Å². The maximum absolute atomic E-state index is 6.10. The third-order valence-corrected chi connectivity index (χ3v) is 6.02. The molecule has 1 aromatic carbocycles. The van der Waals surface area contributed by atoms with Crippen LogP contribution >= 0.6 is 23.4 Å². The van der Waals surface area contributed by atoms with Crippen LogP contribution in [0.1, 0.15) is 31.9 Å². The lowest BCUT2D eigenvalue weighted by Gasteiger charge is -2.41. The molecule has 0 amide bonds. The summed E-state index contributed by atoms with van der Waals surface area (Å²) in [5.41, 5.74) is 7.47. The van der Waals surface area contributed by atoms with Gasteiger partial charge < -0.3 is 5.73 Å². The van der Waals surface area contributed by atoms with E-state index in [1.54, 1.807) is 0 Å². The largest absolute Gasteiger partial charge is 0.329 e. The maximum atomic E-state index is 6.10. The van der Waals surface area contributed by atoms with Crippen molar-refractivity contribution in [2.24, 2.45) is 5.73 Å². The zero-order valence-corrected chi connectivity index (χ0v) is 13.5. The molecule has 4 heteroatoms. The van der Waals surface area contributed by atoms with Gasteiger partial charge in [-0.2, -0.15) is 11.8 Å². The Hall–Kier alpha value is -0.220. The minimum Gasteiger partial charge on any atom is -0.329 e. The van der Waals surface area contributed by atoms with E-state index in [4.69, 9.17) is 17.3 Å². The summed E-state index contributed by atoms with van der Waals surface area (Å²) in [6.07, 6.45) is 1.16. The summed E-state index contributed by atoms with van der Waals surface area (Å²) in [5.74, 6) is 1.12. The van der Waals surface area contributed by atoms with E-state index in [0.29, 0.717) is 17.8 Å². The zero-order chi connectivity index (χ0) is 14.0. The third kappa shape index (κ3) is 3.10. The molecule has 1 saturated heterocycles. The van der Waals surface area contributed by atoms with E-state index in [1.165, 1.54) is 5.56 Å². The molecule has 106 valence electrons. The van der Waals surface area contributed by atoms with Gasteiger partial charge in [-0.05, 0) is 38.1 Å². The summed E-state index contributed by atoms with van der Waals surface area (Å²) in [4.78, 5) is 2.44. The summed E-state index contributed by atoms with van der Waals surface area (Å²) in [7, 11) is 2.19. The number of likely N-dealkylation sites (N-methyl/N-ethyl adjacent to an activating group) is 1. The van der Waals surface area contributed by atoms with E-state index in [-0.39, 0.29) is 5.54 Å².